The first kappa shape index (κ1) is 15.9. The number of nitrogens with zero attached hydrogens (tertiary/aromatic N) is 1. The third-order valence-electron chi connectivity index (χ3n) is 2.80. The van der Waals surface area contributed by atoms with Gasteiger partial charge in [-0.3, -0.25) is 14.9 Å². The molecule has 1 aromatic rings. The lowest BCUT2D eigenvalue weighted by Crippen LogP contribution is -2.05. The van der Waals surface area contributed by atoms with Gasteiger partial charge in [0.1, 0.15) is 5.69 Å². The largest absolute Gasteiger partial charge is 0.481 e. The SMILES string of the molecule is O=C(O)CCCCCCNc1cccc(F)c1[N+](=O)[O-]. The van der Waals surface area contributed by atoms with Crippen LogP contribution in [0.5, 0.6) is 0 Å². The molecule has 0 aromatic heterocycles. The molecule has 7 heteroatoms. The summed E-state index contributed by atoms with van der Waals surface area (Å²) >= 11 is 0. The Morgan fingerprint density at radius 2 is 2.00 bits per heavy atom. The highest BCUT2D eigenvalue weighted by Crippen LogP contribution is 2.27. The van der Waals surface area contributed by atoms with Crippen LogP contribution >= 0.6 is 0 Å². The maximum atomic E-state index is 13.3. The number of hydrogen-bond donors (Lipinski definition) is 2. The molecule has 2 N–H and O–H groups in total. The maximum Gasteiger partial charge on any atom is 0.327 e. The number of hydrogen-bond acceptors (Lipinski definition) is 4. The Morgan fingerprint density at radius 3 is 2.65 bits per heavy atom. The zero-order valence-electron chi connectivity index (χ0n) is 11.0. The van der Waals surface area contributed by atoms with Gasteiger partial charge in [0, 0.05) is 13.0 Å². The number of halogens is 1. The van der Waals surface area contributed by atoms with Crippen molar-refractivity contribution in [3.05, 3.63) is 34.1 Å². The Labute approximate surface area is 115 Å². The summed E-state index contributed by atoms with van der Waals surface area (Å²) in [5, 5.41) is 22.0. The molecule has 0 unspecified atom stereocenters. The quantitative estimate of drug-likeness (QED) is 0.412. The van der Waals surface area contributed by atoms with Gasteiger partial charge < -0.3 is 10.4 Å². The molecule has 0 atom stereocenters. The topological polar surface area (TPSA) is 92.5 Å². The predicted molar refractivity (Wildman–Crippen MR) is 72.3 cm³/mol. The lowest BCUT2D eigenvalue weighted by Gasteiger charge is -2.07. The molecule has 0 saturated heterocycles. The van der Waals surface area contributed by atoms with Gasteiger partial charge in [-0.05, 0) is 25.0 Å². The third kappa shape index (κ3) is 5.21. The Bertz CT molecular complexity index is 479. The Hall–Kier alpha value is -2.18. The van der Waals surface area contributed by atoms with Crippen LogP contribution in [0.3, 0.4) is 0 Å². The number of rotatable bonds is 9. The highest BCUT2D eigenvalue weighted by molar-refractivity contribution is 5.66. The van der Waals surface area contributed by atoms with Gasteiger partial charge in [0.05, 0.1) is 4.92 Å². The molecule has 0 heterocycles. The highest BCUT2D eigenvalue weighted by Gasteiger charge is 2.18. The Balaban J connectivity index is 2.34. The number of benzene rings is 1. The summed E-state index contributed by atoms with van der Waals surface area (Å²) in [6.07, 6.45) is 3.13. The minimum Gasteiger partial charge on any atom is -0.481 e. The molecule has 0 aliphatic heterocycles. The number of carboxylic acids is 1. The van der Waals surface area contributed by atoms with Crippen molar-refractivity contribution in [2.24, 2.45) is 0 Å². The normalized spacial score (nSPS) is 10.2. The van der Waals surface area contributed by atoms with Crippen molar-refractivity contribution in [3.8, 4) is 0 Å². The molecule has 110 valence electrons. The molecule has 0 fully saturated rings. The van der Waals surface area contributed by atoms with Crippen LogP contribution in [0, 0.1) is 15.9 Å². The first-order valence-electron chi connectivity index (χ1n) is 6.41. The second-order valence-electron chi connectivity index (χ2n) is 4.38. The average molecular weight is 284 g/mol. The van der Waals surface area contributed by atoms with Crippen LogP contribution in [0.15, 0.2) is 18.2 Å². The van der Waals surface area contributed by atoms with E-state index in [2.05, 4.69) is 5.32 Å². The van der Waals surface area contributed by atoms with Crippen molar-refractivity contribution in [2.45, 2.75) is 32.1 Å². The van der Waals surface area contributed by atoms with Gasteiger partial charge in [-0.25, -0.2) is 0 Å². The number of unbranched alkanes of at least 4 members (excludes halogenated alkanes) is 3. The van der Waals surface area contributed by atoms with Crippen LogP contribution in [0.1, 0.15) is 32.1 Å². The molecule has 20 heavy (non-hydrogen) atoms. The van der Waals surface area contributed by atoms with Crippen LogP contribution in [0.2, 0.25) is 0 Å². The first-order valence-corrected chi connectivity index (χ1v) is 6.41. The summed E-state index contributed by atoms with van der Waals surface area (Å²) in [5.74, 6) is -1.67. The Morgan fingerprint density at radius 1 is 1.30 bits per heavy atom. The van der Waals surface area contributed by atoms with E-state index >= 15 is 0 Å². The number of para-hydroxylation sites is 1. The van der Waals surface area contributed by atoms with Gasteiger partial charge in [0.2, 0.25) is 5.82 Å². The summed E-state index contributed by atoms with van der Waals surface area (Å²) < 4.78 is 13.3. The summed E-state index contributed by atoms with van der Waals surface area (Å²) in [6, 6.07) is 3.93. The summed E-state index contributed by atoms with van der Waals surface area (Å²) in [4.78, 5) is 20.3. The molecule has 0 amide bonds. The molecule has 0 spiro atoms. The lowest BCUT2D eigenvalue weighted by atomic mass is 10.1. The van der Waals surface area contributed by atoms with E-state index in [1.807, 2.05) is 0 Å². The van der Waals surface area contributed by atoms with Gasteiger partial charge >= 0.3 is 11.7 Å². The molecule has 0 aliphatic carbocycles. The van der Waals surface area contributed by atoms with E-state index in [4.69, 9.17) is 5.11 Å². The summed E-state index contributed by atoms with van der Waals surface area (Å²) in [5.41, 5.74) is -0.376. The van der Waals surface area contributed by atoms with Crippen molar-refractivity contribution in [1.29, 1.82) is 0 Å². The van der Waals surface area contributed by atoms with Crippen LogP contribution in [-0.2, 0) is 4.79 Å². The monoisotopic (exact) mass is 284 g/mol. The molecule has 0 bridgehead atoms. The molecular formula is C13H17FN2O4. The standard InChI is InChI=1S/C13H17FN2O4/c14-10-6-5-7-11(13(10)16(19)20)15-9-4-2-1-3-8-12(17)18/h5-7,15H,1-4,8-9H2,(H,17,18). The van der Waals surface area contributed by atoms with Crippen molar-refractivity contribution in [2.75, 3.05) is 11.9 Å². The van der Waals surface area contributed by atoms with Crippen LogP contribution in [0.25, 0.3) is 0 Å². The fraction of sp³-hybridized carbons (Fsp3) is 0.462. The number of nitrogens with one attached hydrogen (secondary N) is 1. The second kappa shape index (κ2) is 8.08. The van der Waals surface area contributed by atoms with Crippen molar-refractivity contribution in [3.63, 3.8) is 0 Å². The van der Waals surface area contributed by atoms with Gasteiger partial charge in [-0.2, -0.15) is 4.39 Å². The third-order valence-corrected chi connectivity index (χ3v) is 2.80. The fourth-order valence-electron chi connectivity index (χ4n) is 1.82. The smallest absolute Gasteiger partial charge is 0.327 e. The number of carbonyl (C=O) groups is 1. The predicted octanol–water partition coefficient (Wildman–Crippen LogP) is 3.18. The van der Waals surface area contributed by atoms with Gasteiger partial charge in [0.15, 0.2) is 0 Å². The van der Waals surface area contributed by atoms with E-state index < -0.39 is 22.4 Å². The minimum atomic E-state index is -0.860. The van der Waals surface area contributed by atoms with Crippen LogP contribution < -0.4 is 5.32 Å². The lowest BCUT2D eigenvalue weighted by molar-refractivity contribution is -0.386. The molecule has 6 nitrogen and oxygen atoms in total. The summed E-state index contributed by atoms with van der Waals surface area (Å²) in [7, 11) is 0. The highest BCUT2D eigenvalue weighted by atomic mass is 19.1. The number of nitro benzene ring substituents is 1. The minimum absolute atomic E-state index is 0.156. The average Bonchev–Trinajstić information content (AvgIpc) is 2.36. The van der Waals surface area contributed by atoms with E-state index in [1.54, 1.807) is 0 Å². The van der Waals surface area contributed by atoms with E-state index in [1.165, 1.54) is 12.1 Å². The van der Waals surface area contributed by atoms with Crippen LogP contribution in [0.4, 0.5) is 15.8 Å². The van der Waals surface area contributed by atoms with E-state index in [-0.39, 0.29) is 12.1 Å². The summed E-state index contributed by atoms with van der Waals surface area (Å²) in [6.45, 7) is 0.483. The first-order chi connectivity index (χ1) is 9.52. The maximum absolute atomic E-state index is 13.3. The van der Waals surface area contributed by atoms with Crippen molar-refractivity contribution >= 4 is 17.3 Å². The van der Waals surface area contributed by atoms with E-state index in [9.17, 15) is 19.3 Å². The van der Waals surface area contributed by atoms with Gasteiger partial charge in [0.25, 0.3) is 0 Å². The molecular weight excluding hydrogens is 267 g/mol. The molecule has 0 radical (unpaired) electrons. The van der Waals surface area contributed by atoms with Gasteiger partial charge in [-0.1, -0.05) is 18.9 Å². The van der Waals surface area contributed by atoms with Gasteiger partial charge in [-0.15, -0.1) is 0 Å². The molecule has 1 rings (SSSR count). The zero-order valence-corrected chi connectivity index (χ0v) is 11.0. The Kier molecular flexibility index (Phi) is 6.42. The zero-order chi connectivity index (χ0) is 15.0. The van der Waals surface area contributed by atoms with Crippen molar-refractivity contribution in [1.82, 2.24) is 0 Å². The van der Waals surface area contributed by atoms with Crippen molar-refractivity contribution < 1.29 is 19.2 Å². The number of nitro groups is 1. The van der Waals surface area contributed by atoms with E-state index in [0.29, 0.717) is 13.0 Å². The number of aliphatic carboxylic acids is 1. The fourth-order valence-corrected chi connectivity index (χ4v) is 1.82. The molecule has 1 aromatic carbocycles. The second-order valence-corrected chi connectivity index (χ2v) is 4.38. The number of carboxylic acid groups (broad SMARTS) is 1. The molecule has 0 saturated carbocycles. The molecule has 0 aliphatic rings. The van der Waals surface area contributed by atoms with E-state index in [0.717, 1.165) is 25.3 Å². The van der Waals surface area contributed by atoms with Crippen LogP contribution in [-0.4, -0.2) is 22.5 Å². The number of anilines is 1.